The second kappa shape index (κ2) is 7.99. The number of imidazole rings is 1. The molecular weight excluding hydrogens is 302 g/mol. The number of amides is 1. The van der Waals surface area contributed by atoms with E-state index in [1.54, 1.807) is 12.5 Å². The van der Waals surface area contributed by atoms with Gasteiger partial charge in [0, 0.05) is 18.9 Å². The van der Waals surface area contributed by atoms with Crippen LogP contribution in [0.4, 0.5) is 0 Å². The Morgan fingerprint density at radius 1 is 1.33 bits per heavy atom. The summed E-state index contributed by atoms with van der Waals surface area (Å²) < 4.78 is 7.68. The van der Waals surface area contributed by atoms with Crippen LogP contribution in [-0.4, -0.2) is 28.1 Å². The number of aryl methyl sites for hydroxylation is 1. The molecule has 1 aromatic carbocycles. The van der Waals surface area contributed by atoms with E-state index in [9.17, 15) is 4.79 Å². The molecule has 0 radical (unpaired) electrons. The summed E-state index contributed by atoms with van der Waals surface area (Å²) in [5.41, 5.74) is 1.04. The summed E-state index contributed by atoms with van der Waals surface area (Å²) in [6, 6.07) is 7.81. The molecule has 0 fully saturated rings. The number of para-hydroxylation sites is 1. The van der Waals surface area contributed by atoms with Crippen LogP contribution < -0.4 is 10.1 Å². The standard InChI is InChI=1S/C19H27N3O2/c1-5-15-8-6-7-9-16(15)24-13-18(23)21-17(19(2,3)4)12-22-11-10-20-14-22/h6-11,14,17H,5,12-13H2,1-4H3,(H,21,23)/t17-/m0/s1. The number of nitrogens with zero attached hydrogens (tertiary/aromatic N) is 2. The molecule has 0 bridgehead atoms. The number of carbonyl (C=O) groups is 1. The van der Waals surface area contributed by atoms with Crippen LogP contribution in [0.5, 0.6) is 5.75 Å². The highest BCUT2D eigenvalue weighted by Crippen LogP contribution is 2.21. The fraction of sp³-hybridized carbons (Fsp3) is 0.474. The van der Waals surface area contributed by atoms with Crippen molar-refractivity contribution in [2.24, 2.45) is 5.41 Å². The van der Waals surface area contributed by atoms with Gasteiger partial charge in [0.05, 0.1) is 12.4 Å². The minimum atomic E-state index is -0.110. The zero-order chi connectivity index (χ0) is 17.6. The van der Waals surface area contributed by atoms with Crippen LogP contribution in [0.3, 0.4) is 0 Å². The van der Waals surface area contributed by atoms with Gasteiger partial charge in [0.1, 0.15) is 5.75 Å². The van der Waals surface area contributed by atoms with Crippen LogP contribution in [0.2, 0.25) is 0 Å². The van der Waals surface area contributed by atoms with Gasteiger partial charge in [0.2, 0.25) is 0 Å². The third-order valence-electron chi connectivity index (χ3n) is 4.05. The van der Waals surface area contributed by atoms with Crippen molar-refractivity contribution in [1.82, 2.24) is 14.9 Å². The monoisotopic (exact) mass is 329 g/mol. The lowest BCUT2D eigenvalue weighted by molar-refractivity contribution is -0.124. The smallest absolute Gasteiger partial charge is 0.258 e. The van der Waals surface area contributed by atoms with Crippen molar-refractivity contribution in [3.05, 3.63) is 48.5 Å². The molecule has 1 aromatic heterocycles. The molecule has 1 amide bonds. The molecule has 5 nitrogen and oxygen atoms in total. The molecule has 5 heteroatoms. The molecule has 0 unspecified atom stereocenters. The van der Waals surface area contributed by atoms with Gasteiger partial charge >= 0.3 is 0 Å². The molecule has 24 heavy (non-hydrogen) atoms. The van der Waals surface area contributed by atoms with Gasteiger partial charge in [-0.15, -0.1) is 0 Å². The SMILES string of the molecule is CCc1ccccc1OCC(=O)N[C@@H](Cn1ccnc1)C(C)(C)C. The molecular formula is C19H27N3O2. The largest absolute Gasteiger partial charge is 0.483 e. The Morgan fingerprint density at radius 3 is 2.71 bits per heavy atom. The van der Waals surface area contributed by atoms with Crippen molar-refractivity contribution in [2.45, 2.75) is 46.7 Å². The molecule has 1 atom stereocenters. The van der Waals surface area contributed by atoms with E-state index in [2.05, 4.69) is 38.0 Å². The van der Waals surface area contributed by atoms with E-state index < -0.39 is 0 Å². The third kappa shape index (κ3) is 5.11. The molecule has 130 valence electrons. The lowest BCUT2D eigenvalue weighted by Crippen LogP contribution is -2.47. The van der Waals surface area contributed by atoms with Gasteiger partial charge in [-0.1, -0.05) is 45.9 Å². The van der Waals surface area contributed by atoms with Crippen molar-refractivity contribution >= 4 is 5.91 Å². The Kier molecular flexibility index (Phi) is 6.01. The summed E-state index contributed by atoms with van der Waals surface area (Å²) in [5.74, 6) is 0.665. The second-order valence-electron chi connectivity index (χ2n) is 7.00. The molecule has 0 spiro atoms. The molecule has 0 aliphatic heterocycles. The fourth-order valence-corrected chi connectivity index (χ4v) is 2.46. The summed E-state index contributed by atoms with van der Waals surface area (Å²) >= 11 is 0. The minimum Gasteiger partial charge on any atom is -0.483 e. The topological polar surface area (TPSA) is 56.1 Å². The predicted octanol–water partition coefficient (Wildman–Crippen LogP) is 3.06. The van der Waals surface area contributed by atoms with E-state index in [1.165, 1.54) is 0 Å². The van der Waals surface area contributed by atoms with Crippen molar-refractivity contribution in [1.29, 1.82) is 0 Å². The summed E-state index contributed by atoms with van der Waals surface area (Å²) in [5, 5.41) is 3.09. The van der Waals surface area contributed by atoms with Gasteiger partial charge in [-0.05, 0) is 23.5 Å². The Bertz CT molecular complexity index is 645. The average molecular weight is 329 g/mol. The fourth-order valence-electron chi connectivity index (χ4n) is 2.46. The predicted molar refractivity (Wildman–Crippen MR) is 94.9 cm³/mol. The number of nitrogens with one attached hydrogen (secondary N) is 1. The highest BCUT2D eigenvalue weighted by atomic mass is 16.5. The van der Waals surface area contributed by atoms with Crippen molar-refractivity contribution < 1.29 is 9.53 Å². The molecule has 1 heterocycles. The quantitative estimate of drug-likeness (QED) is 0.849. The van der Waals surface area contributed by atoms with Crippen LogP contribution in [0.25, 0.3) is 0 Å². The third-order valence-corrected chi connectivity index (χ3v) is 4.05. The Hall–Kier alpha value is -2.30. The summed E-state index contributed by atoms with van der Waals surface area (Å²) in [7, 11) is 0. The van der Waals surface area contributed by atoms with Crippen molar-refractivity contribution in [3.63, 3.8) is 0 Å². The molecule has 0 aliphatic rings. The van der Waals surface area contributed by atoms with E-state index in [1.807, 2.05) is 35.0 Å². The number of carbonyl (C=O) groups excluding carboxylic acids is 1. The summed E-state index contributed by atoms with van der Waals surface area (Å²) in [6.07, 6.45) is 6.28. The maximum atomic E-state index is 12.3. The first-order valence-corrected chi connectivity index (χ1v) is 8.36. The molecule has 0 saturated carbocycles. The highest BCUT2D eigenvalue weighted by Gasteiger charge is 2.26. The number of hydrogen-bond acceptors (Lipinski definition) is 3. The number of ether oxygens (including phenoxy) is 1. The Morgan fingerprint density at radius 2 is 2.08 bits per heavy atom. The van der Waals surface area contributed by atoms with Gasteiger partial charge in [-0.2, -0.15) is 0 Å². The molecule has 2 aromatic rings. The number of aromatic nitrogens is 2. The lowest BCUT2D eigenvalue weighted by Gasteiger charge is -2.31. The van der Waals surface area contributed by atoms with E-state index in [0.29, 0.717) is 6.54 Å². The van der Waals surface area contributed by atoms with Gasteiger partial charge in [-0.25, -0.2) is 4.98 Å². The summed E-state index contributed by atoms with van der Waals surface area (Å²) in [4.78, 5) is 16.4. The van der Waals surface area contributed by atoms with Gasteiger partial charge < -0.3 is 14.6 Å². The lowest BCUT2D eigenvalue weighted by atomic mass is 9.86. The van der Waals surface area contributed by atoms with Crippen LogP contribution in [-0.2, 0) is 17.8 Å². The van der Waals surface area contributed by atoms with Crippen LogP contribution in [0.15, 0.2) is 43.0 Å². The van der Waals surface area contributed by atoms with E-state index in [0.717, 1.165) is 17.7 Å². The van der Waals surface area contributed by atoms with Gasteiger partial charge in [0.25, 0.3) is 5.91 Å². The van der Waals surface area contributed by atoms with Crippen molar-refractivity contribution in [3.8, 4) is 5.75 Å². The van der Waals surface area contributed by atoms with E-state index in [-0.39, 0.29) is 24.0 Å². The van der Waals surface area contributed by atoms with Crippen molar-refractivity contribution in [2.75, 3.05) is 6.61 Å². The first-order valence-electron chi connectivity index (χ1n) is 8.36. The van der Waals surface area contributed by atoms with Crippen LogP contribution >= 0.6 is 0 Å². The number of hydrogen-bond donors (Lipinski definition) is 1. The Labute approximate surface area is 144 Å². The first kappa shape index (κ1) is 18.0. The maximum absolute atomic E-state index is 12.3. The van der Waals surface area contributed by atoms with Crippen LogP contribution in [0.1, 0.15) is 33.3 Å². The first-order chi connectivity index (χ1) is 11.4. The second-order valence-corrected chi connectivity index (χ2v) is 7.00. The number of rotatable bonds is 7. The van der Waals surface area contributed by atoms with Gasteiger partial charge in [0.15, 0.2) is 6.61 Å². The van der Waals surface area contributed by atoms with Gasteiger partial charge in [-0.3, -0.25) is 4.79 Å². The highest BCUT2D eigenvalue weighted by molar-refractivity contribution is 5.78. The molecule has 1 N–H and O–H groups in total. The molecule has 0 aliphatic carbocycles. The Balaban J connectivity index is 1.95. The van der Waals surface area contributed by atoms with E-state index >= 15 is 0 Å². The average Bonchev–Trinajstić information content (AvgIpc) is 3.05. The maximum Gasteiger partial charge on any atom is 0.258 e. The number of benzene rings is 1. The summed E-state index contributed by atoms with van der Waals surface area (Å²) in [6.45, 7) is 9.11. The molecule has 0 saturated heterocycles. The van der Waals surface area contributed by atoms with Crippen LogP contribution in [0, 0.1) is 5.41 Å². The minimum absolute atomic E-state index is 0.00998. The molecule has 2 rings (SSSR count). The zero-order valence-electron chi connectivity index (χ0n) is 15.0. The van der Waals surface area contributed by atoms with E-state index in [4.69, 9.17) is 4.74 Å². The zero-order valence-corrected chi connectivity index (χ0v) is 15.0. The normalized spacial score (nSPS) is 12.7.